The predicted molar refractivity (Wildman–Crippen MR) is 141 cm³/mol. The van der Waals surface area contributed by atoms with Gasteiger partial charge >= 0.3 is 11.8 Å². The summed E-state index contributed by atoms with van der Waals surface area (Å²) in [5.74, 6) is -1.81. The van der Waals surface area contributed by atoms with Crippen LogP contribution in [0.1, 0.15) is 38.5 Å². The summed E-state index contributed by atoms with van der Waals surface area (Å²) in [6.07, 6.45) is 0.326. The van der Waals surface area contributed by atoms with Gasteiger partial charge in [-0.1, -0.05) is 24.4 Å². The largest absolute Gasteiger partial charge is 0.460 e. The standard InChI is InChI=1S/C23H28N6O8S2/c30-18-14-2-4-16(28(34)22(14)38)20(32)24-6-1-7-25-21(33)17-5-3-15(23(39)29(17)35)19(31)27-9-11-37-13-12-36-10-8-26-18/h2-5,34-35H,1,6-13H2,(H,24,32)(H,25,33)(H,26,30)(H,27,31)/p+2. The number of aliphatic hydroxyl groups is 2. The highest BCUT2D eigenvalue weighted by Crippen LogP contribution is 2.08. The first-order valence-corrected chi connectivity index (χ1v) is 12.8. The summed E-state index contributed by atoms with van der Waals surface area (Å²) < 4.78 is 11.5. The Morgan fingerprint density at radius 3 is 1.54 bits per heavy atom. The number of carbonyl (C=O) groups excluding carboxylic acids is 2. The van der Waals surface area contributed by atoms with E-state index in [-0.39, 0.29) is 96.2 Å². The summed E-state index contributed by atoms with van der Waals surface area (Å²) >= 11 is 10.3. The molecule has 0 saturated heterocycles. The Morgan fingerprint density at radius 1 is 0.718 bits per heavy atom. The molecule has 16 heteroatoms. The van der Waals surface area contributed by atoms with Crippen molar-refractivity contribution in [2.24, 2.45) is 0 Å². The molecule has 0 aliphatic carbocycles. The molecule has 39 heavy (non-hydrogen) atoms. The van der Waals surface area contributed by atoms with Crippen LogP contribution in [-0.4, -0.2) is 106 Å². The fourth-order valence-electron chi connectivity index (χ4n) is 3.43. The van der Waals surface area contributed by atoms with E-state index in [0.717, 1.165) is 0 Å². The maximum absolute atomic E-state index is 12.5. The zero-order valence-corrected chi connectivity index (χ0v) is 22.4. The first-order chi connectivity index (χ1) is 18.7. The van der Waals surface area contributed by atoms with Gasteiger partial charge in [-0.3, -0.25) is 9.59 Å². The van der Waals surface area contributed by atoms with Crippen LogP contribution >= 0.6 is 24.4 Å². The van der Waals surface area contributed by atoms with Crippen LogP contribution in [0.4, 0.5) is 0 Å². The third kappa shape index (κ3) is 7.82. The number of nitrogens with zero attached hydrogens (tertiary/aromatic N) is 2. The Labute approximate surface area is 232 Å². The van der Waals surface area contributed by atoms with Gasteiger partial charge in [0.15, 0.2) is 22.4 Å². The minimum absolute atomic E-state index is 0.122. The Balaban J connectivity index is 1.74. The second kappa shape index (κ2) is 14.3. The minimum Gasteiger partial charge on any atom is -0.460 e. The molecule has 0 saturated carbocycles. The number of ether oxygens (including phenoxy) is 2. The van der Waals surface area contributed by atoms with E-state index in [0.29, 0.717) is 15.9 Å². The SMILES string of the molecule is O=C1NCCCNC(=O)c2ccc(c(=S)n2O)C(O)=[NH+]CCOCCOCC[NH+]=C(O)c2ccc1n(O)c2=S. The van der Waals surface area contributed by atoms with Gasteiger partial charge in [0.25, 0.3) is 11.8 Å². The van der Waals surface area contributed by atoms with Gasteiger partial charge < -0.3 is 40.7 Å². The van der Waals surface area contributed by atoms with E-state index in [1.165, 1.54) is 24.3 Å². The molecule has 2 amide bonds. The van der Waals surface area contributed by atoms with Gasteiger partial charge in [0, 0.05) is 13.1 Å². The molecule has 3 aliphatic heterocycles. The van der Waals surface area contributed by atoms with E-state index in [9.17, 15) is 30.2 Å². The lowest BCUT2D eigenvalue weighted by molar-refractivity contribution is -0.471. The molecule has 0 spiro atoms. The maximum atomic E-state index is 12.5. The molecule has 5 heterocycles. The molecule has 14 nitrogen and oxygen atoms in total. The van der Waals surface area contributed by atoms with Gasteiger partial charge in [-0.2, -0.15) is 9.46 Å². The highest BCUT2D eigenvalue weighted by atomic mass is 32.1. The normalized spacial score (nSPS) is 17.0. The van der Waals surface area contributed by atoms with Gasteiger partial charge in [-0.05, 0) is 30.7 Å². The van der Waals surface area contributed by atoms with Crippen molar-refractivity contribution in [1.29, 1.82) is 0 Å². The Kier molecular flexibility index (Phi) is 10.9. The van der Waals surface area contributed by atoms with Crippen LogP contribution in [0.2, 0.25) is 0 Å². The van der Waals surface area contributed by atoms with E-state index in [2.05, 4.69) is 20.6 Å². The summed E-state index contributed by atoms with van der Waals surface area (Å²) in [4.78, 5) is 30.5. The highest BCUT2D eigenvalue weighted by molar-refractivity contribution is 7.71. The predicted octanol–water partition coefficient (Wildman–Crippen LogP) is -2.41. The summed E-state index contributed by atoms with van der Waals surface area (Å²) in [7, 11) is 0. The molecule has 0 aromatic carbocycles. The van der Waals surface area contributed by atoms with Gasteiger partial charge in [0.05, 0.1) is 13.2 Å². The van der Waals surface area contributed by atoms with Gasteiger partial charge in [0.1, 0.15) is 35.7 Å². The molecule has 3 aliphatic rings. The lowest BCUT2D eigenvalue weighted by atomic mass is 10.2. The lowest BCUT2D eigenvalue weighted by Gasteiger charge is -2.11. The number of hydrogen-bond acceptors (Lipinski definition) is 8. The number of hydrogen-bond donors (Lipinski definition) is 8. The van der Waals surface area contributed by atoms with Gasteiger partial charge in [-0.15, -0.1) is 0 Å². The number of aliphatic hydroxyl groups excluding tert-OH is 2. The van der Waals surface area contributed by atoms with E-state index >= 15 is 0 Å². The molecule has 0 atom stereocenters. The number of fused-ring (bicyclic) bond motifs is 2. The van der Waals surface area contributed by atoms with Crippen molar-refractivity contribution in [2.75, 3.05) is 52.6 Å². The van der Waals surface area contributed by atoms with Crippen LogP contribution in [0, 0.1) is 9.28 Å². The first-order valence-electron chi connectivity index (χ1n) is 11.9. The average Bonchev–Trinajstić information content (AvgIpc) is 2.91. The van der Waals surface area contributed by atoms with Crippen molar-refractivity contribution >= 4 is 48.0 Å². The Morgan fingerprint density at radius 2 is 1.13 bits per heavy atom. The van der Waals surface area contributed by atoms with E-state index in [4.69, 9.17) is 33.9 Å². The molecule has 0 unspecified atom stereocenters. The average molecular weight is 583 g/mol. The Bertz CT molecular complexity index is 1280. The molecule has 0 fully saturated rings. The molecule has 2 aromatic rings. The second-order valence-corrected chi connectivity index (χ2v) is 8.91. The monoisotopic (exact) mass is 582 g/mol. The maximum Gasteiger partial charge on any atom is 0.369 e. The van der Waals surface area contributed by atoms with Crippen LogP contribution < -0.4 is 20.6 Å². The van der Waals surface area contributed by atoms with Crippen LogP contribution in [0.15, 0.2) is 24.3 Å². The van der Waals surface area contributed by atoms with E-state index in [1.807, 2.05) is 0 Å². The second-order valence-electron chi connectivity index (χ2n) is 8.14. The van der Waals surface area contributed by atoms with Crippen LogP contribution in [-0.2, 0) is 9.47 Å². The van der Waals surface area contributed by atoms with Crippen molar-refractivity contribution in [3.63, 3.8) is 0 Å². The highest BCUT2D eigenvalue weighted by Gasteiger charge is 2.19. The number of amides is 2. The molecule has 210 valence electrons. The smallest absolute Gasteiger partial charge is 0.369 e. The third-order valence-corrected chi connectivity index (χ3v) is 6.25. The molecule has 8 N–H and O–H groups in total. The van der Waals surface area contributed by atoms with Crippen molar-refractivity contribution in [3.8, 4) is 0 Å². The van der Waals surface area contributed by atoms with Crippen molar-refractivity contribution in [3.05, 3.63) is 56.1 Å². The summed E-state index contributed by atoms with van der Waals surface area (Å²) in [6, 6.07) is 5.42. The van der Waals surface area contributed by atoms with Crippen LogP contribution in [0.5, 0.6) is 0 Å². The fraction of sp³-hybridized carbons (Fsp3) is 0.391. The Hall–Kier alpha value is -3.86. The summed E-state index contributed by atoms with van der Waals surface area (Å²) in [6.45, 7) is 1.80. The third-order valence-electron chi connectivity index (χ3n) is 5.47. The zero-order chi connectivity index (χ0) is 28.4. The van der Waals surface area contributed by atoms with Crippen LogP contribution in [0.3, 0.4) is 0 Å². The summed E-state index contributed by atoms with van der Waals surface area (Å²) in [5.41, 5.74) is -0.0435. The first kappa shape index (κ1) is 29.7. The number of rotatable bonds is 0. The van der Waals surface area contributed by atoms with Crippen molar-refractivity contribution in [2.45, 2.75) is 6.42 Å². The number of carbonyl (C=O) groups is 2. The van der Waals surface area contributed by atoms with E-state index < -0.39 is 11.8 Å². The molecular formula is C23H30N6O8S2+2. The molecule has 4 bridgehead atoms. The molecule has 5 rings (SSSR count). The minimum atomic E-state index is -0.619. The molecule has 0 radical (unpaired) electrons. The molecule has 2 aromatic heterocycles. The number of nitrogens with one attached hydrogen (secondary N) is 4. The van der Waals surface area contributed by atoms with Crippen molar-refractivity contribution < 1.29 is 49.7 Å². The summed E-state index contributed by atoms with van der Waals surface area (Å²) in [5, 5.41) is 46.5. The zero-order valence-electron chi connectivity index (χ0n) is 20.8. The number of aromatic nitrogens is 2. The van der Waals surface area contributed by atoms with Crippen molar-refractivity contribution in [1.82, 2.24) is 20.1 Å². The molecular weight excluding hydrogens is 552 g/mol. The fourth-order valence-corrected chi connectivity index (χ4v) is 3.95. The lowest BCUT2D eigenvalue weighted by Crippen LogP contribution is -2.74. The quantitative estimate of drug-likeness (QED) is 0.122. The van der Waals surface area contributed by atoms with Crippen LogP contribution in [0.25, 0.3) is 0 Å². The van der Waals surface area contributed by atoms with Gasteiger partial charge in [0.2, 0.25) is 0 Å². The van der Waals surface area contributed by atoms with E-state index in [1.54, 1.807) is 0 Å². The number of pyridine rings is 2. The van der Waals surface area contributed by atoms with Gasteiger partial charge in [-0.25, -0.2) is 9.98 Å². The topological polar surface area (TPSA) is 195 Å².